The van der Waals surface area contributed by atoms with Crippen LogP contribution in [0.15, 0.2) is 42.5 Å². The molecule has 0 aliphatic heterocycles. The van der Waals surface area contributed by atoms with E-state index in [0.717, 1.165) is 18.4 Å². The molecule has 20 heavy (non-hydrogen) atoms. The Bertz CT molecular complexity index is 623. The zero-order chi connectivity index (χ0) is 13.9. The zero-order valence-corrected chi connectivity index (χ0v) is 12.0. The van der Waals surface area contributed by atoms with Gasteiger partial charge in [0.05, 0.1) is 0 Å². The molecule has 2 aromatic carbocycles. The van der Waals surface area contributed by atoms with Crippen molar-refractivity contribution in [2.24, 2.45) is 0 Å². The lowest BCUT2D eigenvalue weighted by molar-refractivity contribution is 0.0994. The first-order chi connectivity index (χ1) is 9.78. The summed E-state index contributed by atoms with van der Waals surface area (Å²) in [5.41, 5.74) is 6.01. The number of carbonyl (C=O) groups is 1. The van der Waals surface area contributed by atoms with E-state index in [1.807, 2.05) is 6.07 Å². The average Bonchev–Trinajstić information content (AvgIpc) is 2.86. The van der Waals surface area contributed by atoms with Crippen LogP contribution in [0.3, 0.4) is 0 Å². The van der Waals surface area contributed by atoms with E-state index in [1.165, 1.54) is 35.1 Å². The first-order valence-electron chi connectivity index (χ1n) is 7.53. The second kappa shape index (κ2) is 5.62. The van der Waals surface area contributed by atoms with Crippen molar-refractivity contribution in [2.75, 3.05) is 0 Å². The molecule has 0 N–H and O–H groups in total. The molecule has 0 radical (unpaired) electrons. The van der Waals surface area contributed by atoms with Crippen molar-refractivity contribution in [1.82, 2.24) is 0 Å². The maximum Gasteiger partial charge on any atom is 0.163 e. The van der Waals surface area contributed by atoms with Gasteiger partial charge in [-0.2, -0.15) is 0 Å². The Morgan fingerprint density at radius 3 is 2.45 bits per heavy atom. The van der Waals surface area contributed by atoms with Gasteiger partial charge in [-0.25, -0.2) is 0 Å². The highest BCUT2D eigenvalue weighted by Gasteiger charge is 2.19. The largest absolute Gasteiger partial charge is 0.294 e. The van der Waals surface area contributed by atoms with E-state index in [-0.39, 0.29) is 0 Å². The van der Waals surface area contributed by atoms with Crippen molar-refractivity contribution >= 4 is 5.78 Å². The molecule has 102 valence electrons. The maximum absolute atomic E-state index is 11.7. The predicted molar refractivity (Wildman–Crippen MR) is 83.1 cm³/mol. The fraction of sp³-hybridized carbons (Fsp3) is 0.316. The van der Waals surface area contributed by atoms with Crippen LogP contribution in [0, 0.1) is 0 Å². The molecule has 0 unspecified atom stereocenters. The van der Waals surface area contributed by atoms with E-state index in [0.29, 0.717) is 12.2 Å². The Hall–Kier alpha value is -1.89. The lowest BCUT2D eigenvalue weighted by Gasteiger charge is -2.06. The van der Waals surface area contributed by atoms with Gasteiger partial charge in [0.2, 0.25) is 0 Å². The third kappa shape index (κ3) is 2.53. The SMILES string of the molecule is CCCCc1ccc(-c2ccc3c(c2)CCC3=O)cc1. The molecule has 1 aliphatic rings. The maximum atomic E-state index is 11.7. The average molecular weight is 264 g/mol. The van der Waals surface area contributed by atoms with Crippen molar-refractivity contribution in [3.8, 4) is 11.1 Å². The van der Waals surface area contributed by atoms with Crippen LogP contribution in [0.4, 0.5) is 0 Å². The summed E-state index contributed by atoms with van der Waals surface area (Å²) in [4.78, 5) is 11.7. The van der Waals surface area contributed by atoms with E-state index in [1.54, 1.807) is 0 Å². The van der Waals surface area contributed by atoms with Gasteiger partial charge in [-0.15, -0.1) is 0 Å². The van der Waals surface area contributed by atoms with Gasteiger partial charge in [-0.05, 0) is 41.5 Å². The number of fused-ring (bicyclic) bond motifs is 1. The number of benzene rings is 2. The van der Waals surface area contributed by atoms with Gasteiger partial charge >= 0.3 is 0 Å². The Balaban J connectivity index is 1.84. The summed E-state index contributed by atoms with van der Waals surface area (Å²) in [6.45, 7) is 2.22. The fourth-order valence-corrected chi connectivity index (χ4v) is 2.88. The van der Waals surface area contributed by atoms with E-state index in [2.05, 4.69) is 43.3 Å². The van der Waals surface area contributed by atoms with Gasteiger partial charge < -0.3 is 0 Å². The van der Waals surface area contributed by atoms with Crippen LogP contribution in [-0.4, -0.2) is 5.78 Å². The summed E-state index contributed by atoms with van der Waals surface area (Å²) >= 11 is 0. The van der Waals surface area contributed by atoms with Crippen LogP contribution in [0.2, 0.25) is 0 Å². The Labute approximate surface area is 120 Å². The van der Waals surface area contributed by atoms with Crippen molar-refractivity contribution in [2.45, 2.75) is 39.0 Å². The van der Waals surface area contributed by atoms with Crippen LogP contribution in [0.5, 0.6) is 0 Å². The van der Waals surface area contributed by atoms with Crippen LogP contribution >= 0.6 is 0 Å². The fourth-order valence-electron chi connectivity index (χ4n) is 2.88. The molecule has 0 fully saturated rings. The van der Waals surface area contributed by atoms with E-state index in [9.17, 15) is 4.79 Å². The Kier molecular flexibility index (Phi) is 3.68. The molecule has 0 atom stereocenters. The van der Waals surface area contributed by atoms with E-state index < -0.39 is 0 Å². The molecule has 1 aliphatic carbocycles. The van der Waals surface area contributed by atoms with Crippen LogP contribution in [-0.2, 0) is 12.8 Å². The van der Waals surface area contributed by atoms with Crippen molar-refractivity contribution in [3.05, 3.63) is 59.2 Å². The lowest BCUT2D eigenvalue weighted by Crippen LogP contribution is -1.91. The molecule has 0 heterocycles. The normalized spacial score (nSPS) is 13.6. The van der Waals surface area contributed by atoms with Gasteiger partial charge in [0, 0.05) is 12.0 Å². The number of hydrogen-bond donors (Lipinski definition) is 0. The van der Waals surface area contributed by atoms with E-state index in [4.69, 9.17) is 0 Å². The standard InChI is InChI=1S/C19H20O/c1-2-3-4-14-5-7-15(8-6-14)16-9-11-18-17(13-16)10-12-19(18)20/h5-9,11,13H,2-4,10,12H2,1H3. The summed E-state index contributed by atoms with van der Waals surface area (Å²) in [7, 11) is 0. The van der Waals surface area contributed by atoms with Gasteiger partial charge in [-0.3, -0.25) is 4.79 Å². The molecule has 0 saturated heterocycles. The van der Waals surface area contributed by atoms with E-state index >= 15 is 0 Å². The van der Waals surface area contributed by atoms with Gasteiger partial charge in [0.25, 0.3) is 0 Å². The second-order valence-corrected chi connectivity index (χ2v) is 5.60. The number of unbranched alkanes of at least 4 members (excludes halogenated alkanes) is 1. The highest BCUT2D eigenvalue weighted by molar-refractivity contribution is 6.00. The topological polar surface area (TPSA) is 17.1 Å². The summed E-state index contributed by atoms with van der Waals surface area (Å²) in [5, 5.41) is 0. The van der Waals surface area contributed by atoms with Crippen LogP contribution < -0.4 is 0 Å². The summed E-state index contributed by atoms with van der Waals surface area (Å²) < 4.78 is 0. The predicted octanol–water partition coefficient (Wildman–Crippen LogP) is 4.83. The third-order valence-electron chi connectivity index (χ3n) is 4.13. The first kappa shape index (κ1) is 13.1. The number of rotatable bonds is 4. The summed E-state index contributed by atoms with van der Waals surface area (Å²) in [5.74, 6) is 0.293. The number of Topliss-reactive ketones (excluding diaryl/α,β-unsaturated/α-hetero) is 1. The van der Waals surface area contributed by atoms with Crippen molar-refractivity contribution in [3.63, 3.8) is 0 Å². The molecular formula is C19H20O. The number of ketones is 1. The highest BCUT2D eigenvalue weighted by atomic mass is 16.1. The minimum atomic E-state index is 0.293. The highest BCUT2D eigenvalue weighted by Crippen LogP contribution is 2.28. The minimum absolute atomic E-state index is 0.293. The molecule has 0 bridgehead atoms. The smallest absolute Gasteiger partial charge is 0.163 e. The molecule has 1 heteroatoms. The molecule has 0 spiro atoms. The summed E-state index contributed by atoms with van der Waals surface area (Å²) in [6.07, 6.45) is 5.22. The van der Waals surface area contributed by atoms with Gasteiger partial charge in [0.1, 0.15) is 0 Å². The molecule has 1 nitrogen and oxygen atoms in total. The molecule has 0 saturated carbocycles. The molecular weight excluding hydrogens is 244 g/mol. The van der Waals surface area contributed by atoms with Gasteiger partial charge in [-0.1, -0.05) is 55.8 Å². The Morgan fingerprint density at radius 2 is 1.70 bits per heavy atom. The number of carbonyl (C=O) groups excluding carboxylic acids is 1. The molecule has 0 aromatic heterocycles. The van der Waals surface area contributed by atoms with Crippen molar-refractivity contribution < 1.29 is 4.79 Å². The Morgan fingerprint density at radius 1 is 0.950 bits per heavy atom. The quantitative estimate of drug-likeness (QED) is 0.773. The number of aryl methyl sites for hydroxylation is 2. The summed E-state index contributed by atoms with van der Waals surface area (Å²) in [6, 6.07) is 15.1. The second-order valence-electron chi connectivity index (χ2n) is 5.60. The zero-order valence-electron chi connectivity index (χ0n) is 12.0. The third-order valence-corrected chi connectivity index (χ3v) is 4.13. The van der Waals surface area contributed by atoms with Gasteiger partial charge in [0.15, 0.2) is 5.78 Å². The minimum Gasteiger partial charge on any atom is -0.294 e. The molecule has 3 rings (SSSR count). The lowest BCUT2D eigenvalue weighted by atomic mass is 9.98. The number of hydrogen-bond acceptors (Lipinski definition) is 1. The molecule has 0 amide bonds. The first-order valence-corrected chi connectivity index (χ1v) is 7.53. The van der Waals surface area contributed by atoms with Crippen LogP contribution in [0.1, 0.15) is 47.7 Å². The van der Waals surface area contributed by atoms with Crippen LogP contribution in [0.25, 0.3) is 11.1 Å². The van der Waals surface area contributed by atoms with Crippen molar-refractivity contribution in [1.29, 1.82) is 0 Å². The monoisotopic (exact) mass is 264 g/mol. The molecule has 2 aromatic rings.